The van der Waals surface area contributed by atoms with Crippen LogP contribution in [0.5, 0.6) is 0 Å². The molecular formula is C14H18N4O2. The third-order valence-electron chi connectivity index (χ3n) is 3.22. The van der Waals surface area contributed by atoms with Crippen molar-refractivity contribution in [1.82, 2.24) is 20.1 Å². The van der Waals surface area contributed by atoms with Crippen LogP contribution < -0.4 is 5.32 Å². The Morgan fingerprint density at radius 3 is 2.70 bits per heavy atom. The molecule has 0 aliphatic carbocycles. The van der Waals surface area contributed by atoms with Crippen LogP contribution in [0.15, 0.2) is 36.7 Å². The molecule has 0 aliphatic heterocycles. The third-order valence-corrected chi connectivity index (χ3v) is 3.22. The summed E-state index contributed by atoms with van der Waals surface area (Å²) in [5.74, 6) is -0.242. The van der Waals surface area contributed by atoms with Gasteiger partial charge in [-0.2, -0.15) is 0 Å². The standard InChI is InChI=1S/C14H18N4O2/c1-10(8-19)11(2)16-14(20)13-15-9-18(17-13)12-6-4-3-5-7-12/h3-7,9-11,19H,8H2,1-2H3,(H,16,20). The molecule has 0 spiro atoms. The number of hydrogen-bond donors (Lipinski definition) is 2. The highest BCUT2D eigenvalue weighted by Gasteiger charge is 2.18. The van der Waals surface area contributed by atoms with Crippen molar-refractivity contribution in [1.29, 1.82) is 0 Å². The van der Waals surface area contributed by atoms with Gasteiger partial charge in [-0.25, -0.2) is 9.67 Å². The Balaban J connectivity index is 2.07. The van der Waals surface area contributed by atoms with Gasteiger partial charge < -0.3 is 10.4 Å². The first kappa shape index (κ1) is 14.2. The molecule has 2 unspecified atom stereocenters. The summed E-state index contributed by atoms with van der Waals surface area (Å²) in [6.45, 7) is 3.72. The van der Waals surface area contributed by atoms with Crippen LogP contribution in [0.3, 0.4) is 0 Å². The zero-order valence-electron chi connectivity index (χ0n) is 11.5. The number of benzene rings is 1. The van der Waals surface area contributed by atoms with Gasteiger partial charge in [0.15, 0.2) is 0 Å². The van der Waals surface area contributed by atoms with E-state index < -0.39 is 0 Å². The van der Waals surface area contributed by atoms with Crippen molar-refractivity contribution in [2.24, 2.45) is 5.92 Å². The second-order valence-electron chi connectivity index (χ2n) is 4.77. The number of aromatic nitrogens is 3. The number of hydrogen-bond acceptors (Lipinski definition) is 4. The van der Waals surface area contributed by atoms with E-state index in [2.05, 4.69) is 15.4 Å². The first-order valence-corrected chi connectivity index (χ1v) is 6.50. The molecule has 0 bridgehead atoms. The van der Waals surface area contributed by atoms with E-state index in [1.807, 2.05) is 44.2 Å². The highest BCUT2D eigenvalue weighted by atomic mass is 16.3. The SMILES string of the molecule is CC(CO)C(C)NC(=O)c1ncn(-c2ccccc2)n1. The predicted molar refractivity (Wildman–Crippen MR) is 74.5 cm³/mol. The fourth-order valence-electron chi connectivity index (χ4n) is 1.64. The van der Waals surface area contributed by atoms with Gasteiger partial charge in [0.1, 0.15) is 6.33 Å². The molecule has 2 atom stereocenters. The van der Waals surface area contributed by atoms with Gasteiger partial charge in [-0.05, 0) is 25.0 Å². The van der Waals surface area contributed by atoms with Crippen LogP contribution in [0.25, 0.3) is 5.69 Å². The van der Waals surface area contributed by atoms with Gasteiger partial charge in [0.05, 0.1) is 5.69 Å². The lowest BCUT2D eigenvalue weighted by atomic mass is 10.1. The average Bonchev–Trinajstić information content (AvgIpc) is 2.97. The fraction of sp³-hybridized carbons (Fsp3) is 0.357. The van der Waals surface area contributed by atoms with E-state index >= 15 is 0 Å². The molecule has 0 radical (unpaired) electrons. The quantitative estimate of drug-likeness (QED) is 0.853. The normalized spacial score (nSPS) is 13.8. The predicted octanol–water partition coefficient (Wildman–Crippen LogP) is 1.01. The van der Waals surface area contributed by atoms with Gasteiger partial charge in [-0.1, -0.05) is 25.1 Å². The third kappa shape index (κ3) is 3.21. The largest absolute Gasteiger partial charge is 0.396 e. The highest BCUT2D eigenvalue weighted by molar-refractivity contribution is 5.90. The van der Waals surface area contributed by atoms with Gasteiger partial charge in [0.2, 0.25) is 5.82 Å². The van der Waals surface area contributed by atoms with Gasteiger partial charge in [-0.3, -0.25) is 4.79 Å². The number of nitrogens with one attached hydrogen (secondary N) is 1. The van der Waals surface area contributed by atoms with Gasteiger partial charge in [0.25, 0.3) is 5.91 Å². The van der Waals surface area contributed by atoms with Crippen LogP contribution in [0, 0.1) is 5.92 Å². The molecular weight excluding hydrogens is 256 g/mol. The second kappa shape index (κ2) is 6.29. The number of para-hydroxylation sites is 1. The van der Waals surface area contributed by atoms with Crippen molar-refractivity contribution in [2.75, 3.05) is 6.61 Å². The lowest BCUT2D eigenvalue weighted by Gasteiger charge is -2.18. The molecule has 0 saturated heterocycles. The zero-order valence-corrected chi connectivity index (χ0v) is 11.5. The zero-order chi connectivity index (χ0) is 14.5. The van der Waals surface area contributed by atoms with E-state index in [0.717, 1.165) is 5.69 Å². The molecule has 106 valence electrons. The summed E-state index contributed by atoms with van der Waals surface area (Å²) in [5, 5.41) is 16.0. The Labute approximate surface area is 117 Å². The molecule has 2 N–H and O–H groups in total. The molecule has 2 aromatic rings. The summed E-state index contributed by atoms with van der Waals surface area (Å²) in [6, 6.07) is 9.31. The summed E-state index contributed by atoms with van der Waals surface area (Å²) in [6.07, 6.45) is 1.50. The lowest BCUT2D eigenvalue weighted by molar-refractivity contribution is 0.0906. The molecule has 1 heterocycles. The minimum atomic E-state index is -0.340. The van der Waals surface area contributed by atoms with E-state index in [-0.39, 0.29) is 30.3 Å². The van der Waals surface area contributed by atoms with Crippen molar-refractivity contribution in [3.63, 3.8) is 0 Å². The molecule has 2 rings (SSSR count). The molecule has 20 heavy (non-hydrogen) atoms. The first-order valence-electron chi connectivity index (χ1n) is 6.50. The maximum absolute atomic E-state index is 12.0. The van der Waals surface area contributed by atoms with Crippen molar-refractivity contribution in [3.05, 3.63) is 42.5 Å². The van der Waals surface area contributed by atoms with Crippen LogP contribution in [0.4, 0.5) is 0 Å². The molecule has 1 aromatic carbocycles. The van der Waals surface area contributed by atoms with Gasteiger partial charge in [-0.15, -0.1) is 5.10 Å². The molecule has 1 amide bonds. The molecule has 1 aromatic heterocycles. The van der Waals surface area contributed by atoms with Crippen LogP contribution in [-0.2, 0) is 0 Å². The molecule has 6 heteroatoms. The summed E-state index contributed by atoms with van der Waals surface area (Å²) < 4.78 is 1.55. The number of nitrogens with zero attached hydrogens (tertiary/aromatic N) is 3. The maximum Gasteiger partial charge on any atom is 0.291 e. The Bertz CT molecular complexity index is 568. The van der Waals surface area contributed by atoms with Crippen LogP contribution in [0.1, 0.15) is 24.5 Å². The van der Waals surface area contributed by atoms with Crippen LogP contribution in [-0.4, -0.2) is 38.4 Å². The maximum atomic E-state index is 12.0. The lowest BCUT2D eigenvalue weighted by Crippen LogP contribution is -2.38. The van der Waals surface area contributed by atoms with Crippen LogP contribution in [0.2, 0.25) is 0 Å². The summed E-state index contributed by atoms with van der Waals surface area (Å²) >= 11 is 0. The van der Waals surface area contributed by atoms with E-state index in [9.17, 15) is 4.79 Å². The van der Waals surface area contributed by atoms with Crippen molar-refractivity contribution >= 4 is 5.91 Å². The van der Waals surface area contributed by atoms with Gasteiger partial charge >= 0.3 is 0 Å². The Morgan fingerprint density at radius 1 is 1.35 bits per heavy atom. The first-order chi connectivity index (χ1) is 9.61. The molecule has 0 aliphatic rings. The summed E-state index contributed by atoms with van der Waals surface area (Å²) in [5.41, 5.74) is 0.843. The second-order valence-corrected chi connectivity index (χ2v) is 4.77. The van der Waals surface area contributed by atoms with E-state index in [0.29, 0.717) is 0 Å². The summed E-state index contributed by atoms with van der Waals surface area (Å²) in [7, 11) is 0. The van der Waals surface area contributed by atoms with E-state index in [4.69, 9.17) is 5.11 Å². The highest BCUT2D eigenvalue weighted by Crippen LogP contribution is 2.06. The van der Waals surface area contributed by atoms with Crippen molar-refractivity contribution in [2.45, 2.75) is 19.9 Å². The van der Waals surface area contributed by atoms with Gasteiger partial charge in [0, 0.05) is 12.6 Å². The minimum Gasteiger partial charge on any atom is -0.396 e. The Morgan fingerprint density at radius 2 is 2.05 bits per heavy atom. The number of carbonyl (C=O) groups is 1. The molecule has 0 saturated carbocycles. The van der Waals surface area contributed by atoms with E-state index in [1.165, 1.54) is 6.33 Å². The number of aliphatic hydroxyl groups excluding tert-OH is 1. The van der Waals surface area contributed by atoms with Crippen molar-refractivity contribution < 1.29 is 9.90 Å². The number of rotatable bonds is 5. The summed E-state index contributed by atoms with van der Waals surface area (Å²) in [4.78, 5) is 16.0. The Kier molecular flexibility index (Phi) is 4.47. The fourth-order valence-corrected chi connectivity index (χ4v) is 1.64. The van der Waals surface area contributed by atoms with Crippen LogP contribution >= 0.6 is 0 Å². The van der Waals surface area contributed by atoms with Crippen molar-refractivity contribution in [3.8, 4) is 5.69 Å². The monoisotopic (exact) mass is 274 g/mol. The topological polar surface area (TPSA) is 80.0 Å². The molecule has 0 fully saturated rings. The number of amides is 1. The smallest absolute Gasteiger partial charge is 0.291 e. The van der Waals surface area contributed by atoms with E-state index in [1.54, 1.807) is 4.68 Å². The number of aliphatic hydroxyl groups is 1. The average molecular weight is 274 g/mol. The molecule has 6 nitrogen and oxygen atoms in total. The number of carbonyl (C=O) groups excluding carboxylic acids is 1. The minimum absolute atomic E-state index is 0.0184. The Hall–Kier alpha value is -2.21.